The fourth-order valence-electron chi connectivity index (χ4n) is 2.38. The molecule has 3 heteroatoms. The Bertz CT molecular complexity index is 194. The quantitative estimate of drug-likeness (QED) is 0.698. The van der Waals surface area contributed by atoms with Crippen molar-refractivity contribution in [2.24, 2.45) is 17.1 Å². The highest BCUT2D eigenvalue weighted by atomic mass is 16.5. The first kappa shape index (κ1) is 13.9. The highest BCUT2D eigenvalue weighted by molar-refractivity contribution is 4.82. The Morgan fingerprint density at radius 1 is 1.38 bits per heavy atom. The van der Waals surface area contributed by atoms with E-state index in [0.29, 0.717) is 17.4 Å². The lowest BCUT2D eigenvalue weighted by molar-refractivity contribution is 0.150. The first-order valence-electron chi connectivity index (χ1n) is 6.50. The molecule has 1 saturated carbocycles. The zero-order chi connectivity index (χ0) is 12.0. The second-order valence-corrected chi connectivity index (χ2v) is 5.89. The topological polar surface area (TPSA) is 47.3 Å². The number of nitrogens with one attached hydrogen (secondary N) is 1. The van der Waals surface area contributed by atoms with Gasteiger partial charge in [-0.05, 0) is 37.1 Å². The number of hydrogen-bond donors (Lipinski definition) is 2. The van der Waals surface area contributed by atoms with Crippen molar-refractivity contribution in [2.45, 2.75) is 45.6 Å². The van der Waals surface area contributed by atoms with Crippen LogP contribution >= 0.6 is 0 Å². The molecular weight excluding hydrogens is 200 g/mol. The molecule has 16 heavy (non-hydrogen) atoms. The lowest BCUT2D eigenvalue weighted by Crippen LogP contribution is -2.37. The van der Waals surface area contributed by atoms with Crippen LogP contribution in [0.4, 0.5) is 0 Å². The number of hydrogen-bond acceptors (Lipinski definition) is 3. The molecule has 1 aliphatic rings. The zero-order valence-corrected chi connectivity index (χ0v) is 11.1. The molecule has 0 saturated heterocycles. The van der Waals surface area contributed by atoms with Crippen LogP contribution in [-0.2, 0) is 4.74 Å². The van der Waals surface area contributed by atoms with Gasteiger partial charge in [0.05, 0.1) is 0 Å². The Balaban J connectivity index is 2.13. The van der Waals surface area contributed by atoms with E-state index in [0.717, 1.165) is 26.1 Å². The van der Waals surface area contributed by atoms with Gasteiger partial charge in [0, 0.05) is 26.3 Å². The van der Waals surface area contributed by atoms with Crippen LogP contribution in [0.2, 0.25) is 0 Å². The Labute approximate surface area is 100 Å². The Morgan fingerprint density at radius 2 is 2.12 bits per heavy atom. The lowest BCUT2D eigenvalue weighted by Gasteiger charge is -2.26. The molecule has 0 bridgehead atoms. The van der Waals surface area contributed by atoms with Crippen molar-refractivity contribution in [2.75, 3.05) is 26.8 Å². The second-order valence-electron chi connectivity index (χ2n) is 5.89. The predicted molar refractivity (Wildman–Crippen MR) is 68.5 cm³/mol. The van der Waals surface area contributed by atoms with Crippen LogP contribution in [0.25, 0.3) is 0 Å². The third kappa shape index (κ3) is 4.81. The molecule has 0 spiro atoms. The highest BCUT2D eigenvalue weighted by Gasteiger charge is 2.24. The molecule has 0 aromatic carbocycles. The molecule has 0 heterocycles. The van der Waals surface area contributed by atoms with Gasteiger partial charge >= 0.3 is 0 Å². The molecule has 0 amide bonds. The smallest absolute Gasteiger partial charge is 0.0467 e. The van der Waals surface area contributed by atoms with E-state index in [1.807, 2.05) is 0 Å². The van der Waals surface area contributed by atoms with Crippen LogP contribution in [-0.4, -0.2) is 32.8 Å². The maximum atomic E-state index is 6.05. The average molecular weight is 228 g/mol. The van der Waals surface area contributed by atoms with E-state index in [9.17, 15) is 0 Å². The van der Waals surface area contributed by atoms with Gasteiger partial charge in [-0.3, -0.25) is 0 Å². The summed E-state index contributed by atoms with van der Waals surface area (Å²) in [6.45, 7) is 7.55. The Morgan fingerprint density at radius 3 is 2.69 bits per heavy atom. The lowest BCUT2D eigenvalue weighted by atomic mass is 9.89. The van der Waals surface area contributed by atoms with Gasteiger partial charge in [-0.1, -0.05) is 20.3 Å². The van der Waals surface area contributed by atoms with E-state index in [2.05, 4.69) is 19.2 Å². The molecule has 0 radical (unpaired) electrons. The van der Waals surface area contributed by atoms with Crippen molar-refractivity contribution >= 4 is 0 Å². The molecule has 1 rings (SSSR count). The highest BCUT2D eigenvalue weighted by Crippen LogP contribution is 2.24. The van der Waals surface area contributed by atoms with Crippen molar-refractivity contribution in [1.82, 2.24) is 5.32 Å². The van der Waals surface area contributed by atoms with Gasteiger partial charge in [-0.2, -0.15) is 0 Å². The van der Waals surface area contributed by atoms with Crippen molar-refractivity contribution in [3.8, 4) is 0 Å². The summed E-state index contributed by atoms with van der Waals surface area (Å²) in [5.41, 5.74) is 6.37. The fraction of sp³-hybridized carbons (Fsp3) is 1.00. The first-order chi connectivity index (χ1) is 7.55. The Kier molecular flexibility index (Phi) is 5.73. The molecule has 2 unspecified atom stereocenters. The molecule has 3 N–H and O–H groups in total. The zero-order valence-electron chi connectivity index (χ0n) is 11.1. The maximum absolute atomic E-state index is 6.05. The van der Waals surface area contributed by atoms with Crippen LogP contribution in [0.5, 0.6) is 0 Å². The van der Waals surface area contributed by atoms with Gasteiger partial charge in [0.25, 0.3) is 0 Å². The van der Waals surface area contributed by atoms with E-state index in [-0.39, 0.29) is 0 Å². The van der Waals surface area contributed by atoms with Crippen LogP contribution in [0.15, 0.2) is 0 Å². The molecule has 0 aliphatic heterocycles. The number of ether oxygens (including phenoxy) is 1. The van der Waals surface area contributed by atoms with E-state index in [1.54, 1.807) is 7.11 Å². The largest absolute Gasteiger partial charge is 0.385 e. The van der Waals surface area contributed by atoms with E-state index < -0.39 is 0 Å². The summed E-state index contributed by atoms with van der Waals surface area (Å²) in [4.78, 5) is 0. The summed E-state index contributed by atoms with van der Waals surface area (Å²) in [7, 11) is 1.76. The summed E-state index contributed by atoms with van der Waals surface area (Å²) in [5.74, 6) is 0.693. The SMILES string of the molecule is COCCC(C)(C)CNCC1CCCC1N. The van der Waals surface area contributed by atoms with E-state index in [4.69, 9.17) is 10.5 Å². The van der Waals surface area contributed by atoms with Crippen LogP contribution in [0, 0.1) is 11.3 Å². The summed E-state index contributed by atoms with van der Waals surface area (Å²) >= 11 is 0. The van der Waals surface area contributed by atoms with Gasteiger partial charge in [0.1, 0.15) is 0 Å². The molecule has 3 nitrogen and oxygen atoms in total. The molecular formula is C13H28N2O. The number of rotatable bonds is 7. The van der Waals surface area contributed by atoms with Crippen molar-refractivity contribution in [3.63, 3.8) is 0 Å². The third-order valence-corrected chi connectivity index (χ3v) is 3.71. The minimum absolute atomic E-state index is 0.318. The van der Waals surface area contributed by atoms with E-state index in [1.165, 1.54) is 19.3 Å². The number of nitrogens with two attached hydrogens (primary N) is 1. The van der Waals surface area contributed by atoms with Crippen molar-refractivity contribution < 1.29 is 4.74 Å². The van der Waals surface area contributed by atoms with E-state index >= 15 is 0 Å². The van der Waals surface area contributed by atoms with Gasteiger partial charge < -0.3 is 15.8 Å². The first-order valence-corrected chi connectivity index (χ1v) is 6.50. The summed E-state index contributed by atoms with van der Waals surface area (Å²) < 4.78 is 5.13. The monoisotopic (exact) mass is 228 g/mol. The summed E-state index contributed by atoms with van der Waals surface area (Å²) in [6, 6.07) is 0.426. The van der Waals surface area contributed by atoms with Gasteiger partial charge in [-0.15, -0.1) is 0 Å². The molecule has 0 aromatic heterocycles. The van der Waals surface area contributed by atoms with Gasteiger partial charge in [0.2, 0.25) is 0 Å². The minimum Gasteiger partial charge on any atom is -0.385 e. The molecule has 1 fully saturated rings. The Hall–Kier alpha value is -0.120. The molecule has 1 aliphatic carbocycles. The molecule has 0 aromatic rings. The van der Waals surface area contributed by atoms with Crippen molar-refractivity contribution in [1.29, 1.82) is 0 Å². The van der Waals surface area contributed by atoms with Crippen molar-refractivity contribution in [3.05, 3.63) is 0 Å². The molecule has 96 valence electrons. The van der Waals surface area contributed by atoms with Gasteiger partial charge in [-0.25, -0.2) is 0 Å². The number of methoxy groups -OCH3 is 1. The predicted octanol–water partition coefficient (Wildman–Crippen LogP) is 1.77. The van der Waals surface area contributed by atoms with Crippen LogP contribution in [0.3, 0.4) is 0 Å². The fourth-order valence-corrected chi connectivity index (χ4v) is 2.38. The normalized spacial score (nSPS) is 26.2. The average Bonchev–Trinajstić information content (AvgIpc) is 2.62. The minimum atomic E-state index is 0.318. The van der Waals surface area contributed by atoms with Crippen LogP contribution in [0.1, 0.15) is 39.5 Å². The molecule has 2 atom stereocenters. The maximum Gasteiger partial charge on any atom is 0.0467 e. The van der Waals surface area contributed by atoms with Gasteiger partial charge in [0.15, 0.2) is 0 Å². The standard InChI is InChI=1S/C13H28N2O/c1-13(2,7-8-16-3)10-15-9-11-5-4-6-12(11)14/h11-12,15H,4-10,14H2,1-3H3. The third-order valence-electron chi connectivity index (χ3n) is 3.71. The second kappa shape index (κ2) is 6.58. The summed E-state index contributed by atoms with van der Waals surface area (Å²) in [5, 5.41) is 3.57. The summed E-state index contributed by atoms with van der Waals surface area (Å²) in [6.07, 6.45) is 4.92. The van der Waals surface area contributed by atoms with Crippen LogP contribution < -0.4 is 11.1 Å².